The van der Waals surface area contributed by atoms with Crippen LogP contribution >= 0.6 is 0 Å². The van der Waals surface area contributed by atoms with E-state index in [1.165, 1.54) is 24.5 Å². The molecule has 2 heterocycles. The highest BCUT2D eigenvalue weighted by molar-refractivity contribution is 5.96. The number of aromatic nitrogens is 2. The van der Waals surface area contributed by atoms with Gasteiger partial charge in [0.15, 0.2) is 6.61 Å². The van der Waals surface area contributed by atoms with E-state index in [0.717, 1.165) is 0 Å². The van der Waals surface area contributed by atoms with Crippen LogP contribution < -0.4 is 14.8 Å². The highest BCUT2D eigenvalue weighted by atomic mass is 19.4. The van der Waals surface area contributed by atoms with Crippen LogP contribution in [0.15, 0.2) is 36.7 Å². The number of carbonyl (C=O) groups is 1. The number of pyridine rings is 2. The molecule has 1 amide bonds. The van der Waals surface area contributed by atoms with Gasteiger partial charge in [0.2, 0.25) is 11.8 Å². The van der Waals surface area contributed by atoms with Gasteiger partial charge in [-0.1, -0.05) is 6.07 Å². The molecule has 9 heteroatoms. The quantitative estimate of drug-likeness (QED) is 0.827. The Kier molecular flexibility index (Phi) is 6.15. The molecule has 0 aliphatic heterocycles. The van der Waals surface area contributed by atoms with Crippen LogP contribution in [0.25, 0.3) is 0 Å². The second-order valence-electron chi connectivity index (χ2n) is 4.88. The third-order valence-corrected chi connectivity index (χ3v) is 2.93. The number of carbonyl (C=O) groups excluding carboxylic acids is 1. The van der Waals surface area contributed by atoms with E-state index in [1.807, 2.05) is 0 Å². The summed E-state index contributed by atoms with van der Waals surface area (Å²) in [5.74, 6) is -0.288. The lowest BCUT2D eigenvalue weighted by atomic mass is 10.2. The molecule has 2 aromatic rings. The number of alkyl halides is 3. The van der Waals surface area contributed by atoms with Crippen molar-refractivity contribution in [2.24, 2.45) is 0 Å². The Morgan fingerprint density at radius 3 is 2.64 bits per heavy atom. The van der Waals surface area contributed by atoms with Crippen LogP contribution in [0, 0.1) is 0 Å². The van der Waals surface area contributed by atoms with Crippen LogP contribution in [0.4, 0.5) is 13.2 Å². The van der Waals surface area contributed by atoms with Crippen LogP contribution in [-0.4, -0.2) is 35.3 Å². The van der Waals surface area contributed by atoms with Crippen LogP contribution in [-0.2, 0) is 6.54 Å². The fraction of sp³-hybridized carbons (Fsp3) is 0.312. The van der Waals surface area contributed by atoms with Crippen molar-refractivity contribution in [3.8, 4) is 11.8 Å². The summed E-state index contributed by atoms with van der Waals surface area (Å²) in [6.07, 6.45) is -1.57. The van der Waals surface area contributed by atoms with E-state index in [9.17, 15) is 18.0 Å². The second-order valence-corrected chi connectivity index (χ2v) is 4.88. The minimum atomic E-state index is -4.42. The zero-order chi connectivity index (χ0) is 18.3. The monoisotopic (exact) mass is 355 g/mol. The molecule has 0 saturated carbocycles. The van der Waals surface area contributed by atoms with Crippen LogP contribution in [0.5, 0.6) is 11.8 Å². The van der Waals surface area contributed by atoms with Gasteiger partial charge < -0.3 is 14.8 Å². The van der Waals surface area contributed by atoms with Gasteiger partial charge in [-0.05, 0) is 24.6 Å². The van der Waals surface area contributed by atoms with Gasteiger partial charge in [-0.25, -0.2) is 9.97 Å². The van der Waals surface area contributed by atoms with E-state index in [2.05, 4.69) is 20.0 Å². The topological polar surface area (TPSA) is 73.3 Å². The van der Waals surface area contributed by atoms with Crippen LogP contribution in [0.1, 0.15) is 22.8 Å². The Bertz CT molecular complexity index is 706. The molecule has 6 nitrogen and oxygen atoms in total. The van der Waals surface area contributed by atoms with E-state index >= 15 is 0 Å². The fourth-order valence-corrected chi connectivity index (χ4v) is 1.85. The van der Waals surface area contributed by atoms with E-state index in [1.54, 1.807) is 19.1 Å². The number of amides is 1. The number of nitrogens with zero attached hydrogens (tertiary/aromatic N) is 2. The molecule has 0 radical (unpaired) electrons. The van der Waals surface area contributed by atoms with E-state index < -0.39 is 12.8 Å². The molecule has 25 heavy (non-hydrogen) atoms. The van der Waals surface area contributed by atoms with Gasteiger partial charge in [-0.2, -0.15) is 13.2 Å². The first-order chi connectivity index (χ1) is 11.9. The largest absolute Gasteiger partial charge is 0.477 e. The molecule has 0 saturated heterocycles. The average molecular weight is 355 g/mol. The summed E-state index contributed by atoms with van der Waals surface area (Å²) in [5, 5.41) is 2.67. The normalized spacial score (nSPS) is 11.0. The first-order valence-corrected chi connectivity index (χ1v) is 7.39. The van der Waals surface area contributed by atoms with Crippen molar-refractivity contribution in [2.75, 3.05) is 13.2 Å². The molecule has 0 unspecified atom stereocenters. The van der Waals surface area contributed by atoms with Crippen LogP contribution in [0.2, 0.25) is 0 Å². The number of ether oxygens (including phenoxy) is 2. The molecule has 0 fully saturated rings. The number of hydrogen-bond donors (Lipinski definition) is 1. The lowest BCUT2D eigenvalue weighted by Crippen LogP contribution is -2.24. The first-order valence-electron chi connectivity index (χ1n) is 7.39. The second kappa shape index (κ2) is 8.32. The zero-order valence-corrected chi connectivity index (χ0v) is 13.3. The third kappa shape index (κ3) is 5.94. The third-order valence-electron chi connectivity index (χ3n) is 2.93. The predicted molar refractivity (Wildman–Crippen MR) is 82.4 cm³/mol. The summed E-state index contributed by atoms with van der Waals surface area (Å²) in [6, 6.07) is 6.03. The molecular formula is C16H16F3N3O3. The van der Waals surface area contributed by atoms with Crippen molar-refractivity contribution in [3.05, 3.63) is 47.8 Å². The molecule has 2 rings (SSSR count). The van der Waals surface area contributed by atoms with Gasteiger partial charge in [-0.15, -0.1) is 0 Å². The van der Waals surface area contributed by atoms with Crippen molar-refractivity contribution in [1.82, 2.24) is 15.3 Å². The van der Waals surface area contributed by atoms with E-state index in [-0.39, 0.29) is 24.2 Å². The summed E-state index contributed by atoms with van der Waals surface area (Å²) >= 11 is 0. The fourth-order valence-electron chi connectivity index (χ4n) is 1.85. The summed E-state index contributed by atoms with van der Waals surface area (Å²) in [7, 11) is 0. The SMILES string of the molecule is CCOc1ncccc1C(=O)NCc1ccc(OCC(F)(F)F)nc1. The maximum absolute atomic E-state index is 12.2. The number of halogens is 3. The van der Waals surface area contributed by atoms with Crippen molar-refractivity contribution in [2.45, 2.75) is 19.6 Å². The predicted octanol–water partition coefficient (Wildman–Crippen LogP) is 2.75. The van der Waals surface area contributed by atoms with Crippen LogP contribution in [0.3, 0.4) is 0 Å². The summed E-state index contributed by atoms with van der Waals surface area (Å²) in [4.78, 5) is 20.0. The van der Waals surface area contributed by atoms with Crippen molar-refractivity contribution < 1.29 is 27.4 Å². The van der Waals surface area contributed by atoms with Crippen molar-refractivity contribution >= 4 is 5.91 Å². The van der Waals surface area contributed by atoms with E-state index in [0.29, 0.717) is 17.7 Å². The minimum absolute atomic E-state index is 0.140. The zero-order valence-electron chi connectivity index (χ0n) is 13.3. The number of rotatable bonds is 7. The lowest BCUT2D eigenvalue weighted by molar-refractivity contribution is -0.154. The number of nitrogens with one attached hydrogen (secondary N) is 1. The lowest BCUT2D eigenvalue weighted by Gasteiger charge is -2.10. The van der Waals surface area contributed by atoms with E-state index in [4.69, 9.17) is 4.74 Å². The van der Waals surface area contributed by atoms with Gasteiger partial charge in [0, 0.05) is 25.0 Å². The Morgan fingerprint density at radius 2 is 2.00 bits per heavy atom. The molecule has 0 aromatic carbocycles. The van der Waals surface area contributed by atoms with Gasteiger partial charge in [0.1, 0.15) is 5.56 Å². The standard InChI is InChI=1S/C16H16F3N3O3/c1-2-24-15-12(4-3-7-20-15)14(23)22-9-11-5-6-13(21-8-11)25-10-16(17,18)19/h3-8H,2,9-10H2,1H3,(H,22,23). The van der Waals surface area contributed by atoms with Crippen molar-refractivity contribution in [1.29, 1.82) is 0 Å². The molecule has 0 bridgehead atoms. The minimum Gasteiger partial charge on any atom is -0.477 e. The molecule has 134 valence electrons. The maximum Gasteiger partial charge on any atom is 0.422 e. The molecule has 0 aliphatic rings. The Hall–Kier alpha value is -2.84. The summed E-state index contributed by atoms with van der Waals surface area (Å²) in [6.45, 7) is 0.897. The molecule has 2 aromatic heterocycles. The molecule has 1 N–H and O–H groups in total. The highest BCUT2D eigenvalue weighted by Gasteiger charge is 2.28. The maximum atomic E-state index is 12.2. The molecule has 0 aliphatic carbocycles. The Labute approximate surface area is 142 Å². The van der Waals surface area contributed by atoms with Crippen molar-refractivity contribution in [3.63, 3.8) is 0 Å². The smallest absolute Gasteiger partial charge is 0.422 e. The summed E-state index contributed by atoms with van der Waals surface area (Å²) < 4.78 is 46.0. The Balaban J connectivity index is 1.92. The van der Waals surface area contributed by atoms with Gasteiger partial charge in [0.05, 0.1) is 6.61 Å². The summed E-state index contributed by atoms with van der Waals surface area (Å²) in [5.41, 5.74) is 0.900. The van der Waals surface area contributed by atoms with Gasteiger partial charge >= 0.3 is 6.18 Å². The Morgan fingerprint density at radius 1 is 1.20 bits per heavy atom. The molecular weight excluding hydrogens is 339 g/mol. The molecule has 0 spiro atoms. The first kappa shape index (κ1) is 18.5. The number of hydrogen-bond acceptors (Lipinski definition) is 5. The van der Waals surface area contributed by atoms with Gasteiger partial charge in [-0.3, -0.25) is 4.79 Å². The van der Waals surface area contributed by atoms with Gasteiger partial charge in [0.25, 0.3) is 5.91 Å². The average Bonchev–Trinajstić information content (AvgIpc) is 2.59. The molecule has 0 atom stereocenters. The highest BCUT2D eigenvalue weighted by Crippen LogP contribution is 2.17.